The highest BCUT2D eigenvalue weighted by Gasteiger charge is 2.15. The first-order chi connectivity index (χ1) is 6.31. The van der Waals surface area contributed by atoms with Crippen molar-refractivity contribution in [1.29, 1.82) is 0 Å². The molecular weight excluding hydrogens is 162 g/mol. The number of hydrogen-bond acceptors (Lipinski definition) is 2. The van der Waals surface area contributed by atoms with Crippen LogP contribution in [0.2, 0.25) is 0 Å². The molecule has 0 atom stereocenters. The second kappa shape index (κ2) is 3.21. The molecule has 2 heteroatoms. The van der Waals surface area contributed by atoms with Gasteiger partial charge in [-0.15, -0.1) is 0 Å². The molecule has 1 aliphatic carbocycles. The average Bonchev–Trinajstić information content (AvgIpc) is 2.16. The molecule has 2 rings (SSSR count). The summed E-state index contributed by atoms with van der Waals surface area (Å²) in [5, 5.41) is 12.1. The van der Waals surface area contributed by atoms with Crippen molar-refractivity contribution in [3.8, 4) is 0 Å². The molecule has 68 valence electrons. The van der Waals surface area contributed by atoms with Crippen LogP contribution in [0.15, 0.2) is 23.4 Å². The molecule has 1 aromatic rings. The fourth-order valence-corrected chi connectivity index (χ4v) is 1.90. The van der Waals surface area contributed by atoms with Gasteiger partial charge in [0.2, 0.25) is 0 Å². The van der Waals surface area contributed by atoms with Crippen LogP contribution in [0.3, 0.4) is 0 Å². The van der Waals surface area contributed by atoms with E-state index in [1.54, 1.807) is 0 Å². The standard InChI is InChI=1S/C11H13NO/c1-8-5-6-10-9(7-8)3-2-4-11(10)12-13/h5-7,13H,2-4H2,1H3. The van der Waals surface area contributed by atoms with Crippen molar-refractivity contribution >= 4 is 5.71 Å². The molecule has 0 saturated carbocycles. The Kier molecular flexibility index (Phi) is 2.05. The maximum absolute atomic E-state index is 8.80. The van der Waals surface area contributed by atoms with Gasteiger partial charge in [-0.2, -0.15) is 0 Å². The highest BCUT2D eigenvalue weighted by Crippen LogP contribution is 2.22. The van der Waals surface area contributed by atoms with E-state index in [1.807, 2.05) is 0 Å². The molecule has 0 heterocycles. The molecule has 0 spiro atoms. The summed E-state index contributed by atoms with van der Waals surface area (Å²) in [5.74, 6) is 0. The molecule has 0 aromatic heterocycles. The minimum Gasteiger partial charge on any atom is -0.411 e. The van der Waals surface area contributed by atoms with Crippen molar-refractivity contribution in [3.63, 3.8) is 0 Å². The van der Waals surface area contributed by atoms with E-state index in [4.69, 9.17) is 5.21 Å². The summed E-state index contributed by atoms with van der Waals surface area (Å²) >= 11 is 0. The van der Waals surface area contributed by atoms with E-state index in [0.717, 1.165) is 30.5 Å². The number of benzene rings is 1. The second-order valence-corrected chi connectivity index (χ2v) is 3.56. The van der Waals surface area contributed by atoms with Gasteiger partial charge in [0.1, 0.15) is 0 Å². The molecule has 0 saturated heterocycles. The van der Waals surface area contributed by atoms with Crippen molar-refractivity contribution < 1.29 is 5.21 Å². The Labute approximate surface area is 77.9 Å². The predicted octanol–water partition coefficient (Wildman–Crippen LogP) is 2.51. The van der Waals surface area contributed by atoms with Crippen molar-refractivity contribution in [3.05, 3.63) is 34.9 Å². The van der Waals surface area contributed by atoms with Gasteiger partial charge in [0.05, 0.1) is 5.71 Å². The van der Waals surface area contributed by atoms with Gasteiger partial charge in [0.15, 0.2) is 0 Å². The van der Waals surface area contributed by atoms with E-state index in [2.05, 4.69) is 30.3 Å². The lowest BCUT2D eigenvalue weighted by atomic mass is 9.89. The van der Waals surface area contributed by atoms with Gasteiger partial charge in [-0.1, -0.05) is 28.9 Å². The van der Waals surface area contributed by atoms with E-state index in [1.165, 1.54) is 11.1 Å². The fraction of sp³-hybridized carbons (Fsp3) is 0.364. The monoisotopic (exact) mass is 175 g/mol. The molecule has 1 aliphatic rings. The molecule has 1 aromatic carbocycles. The van der Waals surface area contributed by atoms with E-state index in [0.29, 0.717) is 0 Å². The first-order valence-electron chi connectivity index (χ1n) is 4.62. The lowest BCUT2D eigenvalue weighted by Gasteiger charge is -2.16. The molecule has 0 amide bonds. The van der Waals surface area contributed by atoms with Crippen LogP contribution >= 0.6 is 0 Å². The zero-order valence-corrected chi connectivity index (χ0v) is 7.75. The van der Waals surface area contributed by atoms with Crippen LogP contribution in [-0.4, -0.2) is 10.9 Å². The van der Waals surface area contributed by atoms with Crippen molar-refractivity contribution in [1.82, 2.24) is 0 Å². The number of fused-ring (bicyclic) bond motifs is 1. The highest BCUT2D eigenvalue weighted by molar-refractivity contribution is 6.02. The lowest BCUT2D eigenvalue weighted by molar-refractivity contribution is 0.317. The summed E-state index contributed by atoms with van der Waals surface area (Å²) in [5.41, 5.74) is 4.55. The van der Waals surface area contributed by atoms with Gasteiger partial charge in [0, 0.05) is 5.56 Å². The first kappa shape index (κ1) is 8.30. The number of nitrogens with zero attached hydrogens (tertiary/aromatic N) is 1. The Morgan fingerprint density at radius 2 is 2.15 bits per heavy atom. The molecular formula is C11H13NO. The Bertz CT molecular complexity index is 355. The van der Waals surface area contributed by atoms with Gasteiger partial charge in [-0.25, -0.2) is 0 Å². The molecule has 0 radical (unpaired) electrons. The minimum absolute atomic E-state index is 0.834. The maximum atomic E-state index is 8.80. The summed E-state index contributed by atoms with van der Waals surface area (Å²) in [6.45, 7) is 2.09. The third-order valence-electron chi connectivity index (χ3n) is 2.55. The summed E-state index contributed by atoms with van der Waals surface area (Å²) in [4.78, 5) is 0. The predicted molar refractivity (Wildman–Crippen MR) is 52.4 cm³/mol. The quantitative estimate of drug-likeness (QED) is 0.477. The van der Waals surface area contributed by atoms with Gasteiger partial charge in [-0.05, 0) is 31.7 Å². The van der Waals surface area contributed by atoms with Gasteiger partial charge in [0.25, 0.3) is 0 Å². The third kappa shape index (κ3) is 1.44. The number of hydrogen-bond donors (Lipinski definition) is 1. The Morgan fingerprint density at radius 1 is 1.31 bits per heavy atom. The highest BCUT2D eigenvalue weighted by atomic mass is 16.4. The Hall–Kier alpha value is -1.31. The van der Waals surface area contributed by atoms with E-state index in [-0.39, 0.29) is 0 Å². The van der Waals surface area contributed by atoms with Crippen LogP contribution in [0.5, 0.6) is 0 Å². The minimum atomic E-state index is 0.834. The fourth-order valence-electron chi connectivity index (χ4n) is 1.90. The summed E-state index contributed by atoms with van der Waals surface area (Å²) in [7, 11) is 0. The lowest BCUT2D eigenvalue weighted by Crippen LogP contribution is -2.11. The van der Waals surface area contributed by atoms with Crippen molar-refractivity contribution in [2.45, 2.75) is 26.2 Å². The Balaban J connectivity index is 2.52. The van der Waals surface area contributed by atoms with Crippen molar-refractivity contribution in [2.75, 3.05) is 0 Å². The van der Waals surface area contributed by atoms with Crippen LogP contribution in [0.4, 0.5) is 0 Å². The Morgan fingerprint density at radius 3 is 2.92 bits per heavy atom. The molecule has 0 aliphatic heterocycles. The summed E-state index contributed by atoms with van der Waals surface area (Å²) < 4.78 is 0. The van der Waals surface area contributed by atoms with Crippen LogP contribution in [0, 0.1) is 6.92 Å². The molecule has 1 N–H and O–H groups in total. The number of aryl methyl sites for hydroxylation is 2. The van der Waals surface area contributed by atoms with E-state index < -0.39 is 0 Å². The molecule has 0 bridgehead atoms. The molecule has 2 nitrogen and oxygen atoms in total. The normalized spacial score (nSPS) is 18.7. The zero-order valence-electron chi connectivity index (χ0n) is 7.75. The number of rotatable bonds is 0. The zero-order chi connectivity index (χ0) is 9.26. The van der Waals surface area contributed by atoms with Gasteiger partial charge >= 0.3 is 0 Å². The summed E-state index contributed by atoms with van der Waals surface area (Å²) in [6, 6.07) is 6.30. The molecule has 0 unspecified atom stereocenters. The van der Waals surface area contributed by atoms with Crippen LogP contribution in [0.1, 0.15) is 29.5 Å². The first-order valence-corrected chi connectivity index (χ1v) is 4.62. The SMILES string of the molecule is Cc1ccc2c(c1)CCCC2=NO. The third-order valence-corrected chi connectivity index (χ3v) is 2.55. The van der Waals surface area contributed by atoms with Crippen molar-refractivity contribution in [2.24, 2.45) is 5.16 Å². The van der Waals surface area contributed by atoms with Crippen LogP contribution in [-0.2, 0) is 6.42 Å². The topological polar surface area (TPSA) is 32.6 Å². The smallest absolute Gasteiger partial charge is 0.0870 e. The van der Waals surface area contributed by atoms with E-state index in [9.17, 15) is 0 Å². The van der Waals surface area contributed by atoms with Crippen LogP contribution < -0.4 is 0 Å². The van der Waals surface area contributed by atoms with Gasteiger partial charge < -0.3 is 5.21 Å². The largest absolute Gasteiger partial charge is 0.411 e. The average molecular weight is 175 g/mol. The molecule has 13 heavy (non-hydrogen) atoms. The maximum Gasteiger partial charge on any atom is 0.0870 e. The number of oxime groups is 1. The van der Waals surface area contributed by atoms with Crippen LogP contribution in [0.25, 0.3) is 0 Å². The summed E-state index contributed by atoms with van der Waals surface area (Å²) in [6.07, 6.45) is 3.10. The van der Waals surface area contributed by atoms with E-state index >= 15 is 0 Å². The molecule has 0 fully saturated rings. The second-order valence-electron chi connectivity index (χ2n) is 3.56. The van der Waals surface area contributed by atoms with Gasteiger partial charge in [-0.3, -0.25) is 0 Å².